The van der Waals surface area contributed by atoms with Crippen LogP contribution in [-0.2, 0) is 0 Å². The molecule has 0 N–H and O–H groups in total. The summed E-state index contributed by atoms with van der Waals surface area (Å²) in [4.78, 5) is 0.970. The SMILES string of the molecule is C=C(C)c1ccc(S)c(C(=C)C)c1. The van der Waals surface area contributed by atoms with Crippen molar-refractivity contribution in [3.63, 3.8) is 0 Å². The Balaban J connectivity index is 3.27. The van der Waals surface area contributed by atoms with Crippen molar-refractivity contribution >= 4 is 23.8 Å². The lowest BCUT2D eigenvalue weighted by Crippen LogP contribution is -1.85. The van der Waals surface area contributed by atoms with E-state index in [-0.39, 0.29) is 0 Å². The topological polar surface area (TPSA) is 0 Å². The van der Waals surface area contributed by atoms with Crippen LogP contribution in [0.1, 0.15) is 25.0 Å². The van der Waals surface area contributed by atoms with E-state index in [4.69, 9.17) is 0 Å². The molecule has 0 aliphatic rings. The van der Waals surface area contributed by atoms with Gasteiger partial charge < -0.3 is 0 Å². The Morgan fingerprint density at radius 1 is 1.15 bits per heavy atom. The Kier molecular flexibility index (Phi) is 2.99. The summed E-state index contributed by atoms with van der Waals surface area (Å²) in [5.41, 5.74) is 4.35. The van der Waals surface area contributed by atoms with Crippen molar-refractivity contribution in [1.82, 2.24) is 0 Å². The first-order chi connectivity index (χ1) is 6.02. The third kappa shape index (κ3) is 2.25. The first kappa shape index (κ1) is 10.1. The Bertz CT molecular complexity index is 361. The molecule has 0 bridgehead atoms. The third-order valence-corrected chi connectivity index (χ3v) is 2.34. The molecule has 0 amide bonds. The molecule has 0 saturated heterocycles. The number of hydrogen-bond donors (Lipinski definition) is 1. The van der Waals surface area contributed by atoms with Crippen molar-refractivity contribution in [2.45, 2.75) is 18.7 Å². The molecular weight excluding hydrogens is 176 g/mol. The fraction of sp³-hybridized carbons (Fsp3) is 0.167. The Morgan fingerprint density at radius 3 is 2.23 bits per heavy atom. The van der Waals surface area contributed by atoms with E-state index in [9.17, 15) is 0 Å². The molecule has 0 spiro atoms. The van der Waals surface area contributed by atoms with Crippen LogP contribution >= 0.6 is 12.6 Å². The normalized spacial score (nSPS) is 9.77. The van der Waals surface area contributed by atoms with Gasteiger partial charge in [0, 0.05) is 4.90 Å². The van der Waals surface area contributed by atoms with Crippen molar-refractivity contribution in [2.24, 2.45) is 0 Å². The smallest absolute Gasteiger partial charge is 0.0115 e. The fourth-order valence-corrected chi connectivity index (χ4v) is 1.47. The molecule has 1 rings (SSSR count). The zero-order valence-electron chi connectivity index (χ0n) is 8.09. The van der Waals surface area contributed by atoms with Gasteiger partial charge in [-0.3, -0.25) is 0 Å². The van der Waals surface area contributed by atoms with Crippen LogP contribution in [0.4, 0.5) is 0 Å². The maximum atomic E-state index is 4.36. The molecule has 1 aromatic rings. The number of hydrogen-bond acceptors (Lipinski definition) is 1. The monoisotopic (exact) mass is 190 g/mol. The van der Waals surface area contributed by atoms with Gasteiger partial charge >= 0.3 is 0 Å². The van der Waals surface area contributed by atoms with Gasteiger partial charge in [0.1, 0.15) is 0 Å². The fourth-order valence-electron chi connectivity index (χ4n) is 1.14. The van der Waals surface area contributed by atoms with Crippen LogP contribution in [0.5, 0.6) is 0 Å². The van der Waals surface area contributed by atoms with E-state index in [0.29, 0.717) is 0 Å². The summed E-state index contributed by atoms with van der Waals surface area (Å²) < 4.78 is 0. The van der Waals surface area contributed by atoms with Gasteiger partial charge in [-0.1, -0.05) is 24.8 Å². The van der Waals surface area contributed by atoms with Gasteiger partial charge in [0.05, 0.1) is 0 Å². The van der Waals surface area contributed by atoms with Crippen LogP contribution in [0.15, 0.2) is 36.3 Å². The average molecular weight is 190 g/mol. The van der Waals surface area contributed by atoms with E-state index < -0.39 is 0 Å². The molecule has 0 fully saturated rings. The van der Waals surface area contributed by atoms with E-state index in [0.717, 1.165) is 27.2 Å². The number of allylic oxidation sites excluding steroid dienone is 2. The standard InChI is InChI=1S/C12H14S/c1-8(2)10-5-6-12(13)11(7-10)9(3)4/h5-7,13H,1,3H2,2,4H3. The van der Waals surface area contributed by atoms with Crippen LogP contribution in [0.2, 0.25) is 0 Å². The van der Waals surface area contributed by atoms with Gasteiger partial charge in [0.25, 0.3) is 0 Å². The lowest BCUT2D eigenvalue weighted by atomic mass is 10.0. The molecule has 13 heavy (non-hydrogen) atoms. The third-order valence-electron chi connectivity index (χ3n) is 1.95. The van der Waals surface area contributed by atoms with Crippen LogP contribution in [0.25, 0.3) is 11.1 Å². The van der Waals surface area contributed by atoms with Crippen molar-refractivity contribution in [2.75, 3.05) is 0 Å². The first-order valence-corrected chi connectivity index (χ1v) is 4.62. The molecule has 0 aliphatic heterocycles. The Hall–Kier alpha value is -0.950. The maximum absolute atomic E-state index is 4.36. The highest BCUT2D eigenvalue weighted by molar-refractivity contribution is 7.80. The summed E-state index contributed by atoms with van der Waals surface area (Å²) in [6.45, 7) is 11.8. The summed E-state index contributed by atoms with van der Waals surface area (Å²) in [6.07, 6.45) is 0. The van der Waals surface area contributed by atoms with Crippen molar-refractivity contribution in [1.29, 1.82) is 0 Å². The quantitative estimate of drug-likeness (QED) is 0.668. The number of benzene rings is 1. The molecule has 0 nitrogen and oxygen atoms in total. The molecule has 68 valence electrons. The molecule has 1 aromatic carbocycles. The second kappa shape index (κ2) is 3.84. The maximum Gasteiger partial charge on any atom is 0.0115 e. The predicted molar refractivity (Wildman–Crippen MR) is 63.1 cm³/mol. The molecule has 0 heterocycles. The van der Waals surface area contributed by atoms with Crippen molar-refractivity contribution < 1.29 is 0 Å². The summed E-state index contributed by atoms with van der Waals surface area (Å²) in [5, 5.41) is 0. The van der Waals surface area contributed by atoms with Crippen LogP contribution in [0.3, 0.4) is 0 Å². The molecule has 0 aliphatic carbocycles. The molecule has 0 radical (unpaired) electrons. The first-order valence-electron chi connectivity index (χ1n) is 4.17. The molecule has 0 aromatic heterocycles. The number of rotatable bonds is 2. The molecule has 0 atom stereocenters. The highest BCUT2D eigenvalue weighted by Crippen LogP contribution is 2.24. The zero-order valence-corrected chi connectivity index (χ0v) is 8.99. The average Bonchev–Trinajstić information content (AvgIpc) is 2.04. The molecule has 1 heteroatoms. The summed E-state index contributed by atoms with van der Waals surface area (Å²) >= 11 is 4.36. The van der Waals surface area contributed by atoms with Gasteiger partial charge in [0.2, 0.25) is 0 Å². The largest absolute Gasteiger partial charge is 0.143 e. The second-order valence-corrected chi connectivity index (χ2v) is 3.77. The Labute approximate surface area is 85.4 Å². The summed E-state index contributed by atoms with van der Waals surface area (Å²) in [5.74, 6) is 0. The summed E-state index contributed by atoms with van der Waals surface area (Å²) in [7, 11) is 0. The van der Waals surface area contributed by atoms with Crippen molar-refractivity contribution in [3.8, 4) is 0 Å². The molecular formula is C12H14S. The van der Waals surface area contributed by atoms with Gasteiger partial charge in [-0.2, -0.15) is 0 Å². The van der Waals surface area contributed by atoms with Crippen molar-refractivity contribution in [3.05, 3.63) is 42.5 Å². The van der Waals surface area contributed by atoms with E-state index in [1.165, 1.54) is 0 Å². The molecule has 0 saturated carbocycles. The van der Waals surface area contributed by atoms with Crippen LogP contribution < -0.4 is 0 Å². The van der Waals surface area contributed by atoms with Gasteiger partial charge in [-0.05, 0) is 42.7 Å². The van der Waals surface area contributed by atoms with E-state index >= 15 is 0 Å². The van der Waals surface area contributed by atoms with Gasteiger partial charge in [-0.25, -0.2) is 0 Å². The lowest BCUT2D eigenvalue weighted by molar-refractivity contribution is 1.37. The zero-order chi connectivity index (χ0) is 10.0. The van der Waals surface area contributed by atoms with Crippen LogP contribution in [0, 0.1) is 0 Å². The minimum atomic E-state index is 0.970. The lowest BCUT2D eigenvalue weighted by Gasteiger charge is -2.07. The van der Waals surface area contributed by atoms with E-state index in [2.05, 4.69) is 31.9 Å². The van der Waals surface area contributed by atoms with Crippen LogP contribution in [-0.4, -0.2) is 0 Å². The highest BCUT2D eigenvalue weighted by atomic mass is 32.1. The van der Waals surface area contributed by atoms with E-state index in [1.54, 1.807) is 0 Å². The van der Waals surface area contributed by atoms with Gasteiger partial charge in [0.15, 0.2) is 0 Å². The molecule has 0 unspecified atom stereocenters. The highest BCUT2D eigenvalue weighted by Gasteiger charge is 2.01. The predicted octanol–water partition coefficient (Wildman–Crippen LogP) is 4.04. The van der Waals surface area contributed by atoms with Gasteiger partial charge in [-0.15, -0.1) is 12.6 Å². The second-order valence-electron chi connectivity index (χ2n) is 3.29. The number of thiol groups is 1. The minimum absolute atomic E-state index is 0.970. The minimum Gasteiger partial charge on any atom is -0.143 e. The summed E-state index contributed by atoms with van der Waals surface area (Å²) in [6, 6.07) is 6.08. The Morgan fingerprint density at radius 2 is 1.77 bits per heavy atom. The van der Waals surface area contributed by atoms with E-state index in [1.807, 2.05) is 26.0 Å².